The van der Waals surface area contributed by atoms with E-state index in [9.17, 15) is 9.59 Å². The second-order valence-electron chi connectivity index (χ2n) is 5.31. The van der Waals surface area contributed by atoms with Gasteiger partial charge in [-0.1, -0.05) is 23.7 Å². The Bertz CT molecular complexity index is 1050. The van der Waals surface area contributed by atoms with E-state index in [4.69, 9.17) is 26.0 Å². The van der Waals surface area contributed by atoms with Gasteiger partial charge in [0.1, 0.15) is 11.6 Å². The molecular formula is C19H12ClN3O4. The third kappa shape index (κ3) is 4.71. The first kappa shape index (κ1) is 18.2. The van der Waals surface area contributed by atoms with Crippen molar-refractivity contribution in [2.24, 2.45) is 0 Å². The number of fused-ring (bicyclic) bond motifs is 1. The maximum atomic E-state index is 11.9. The summed E-state index contributed by atoms with van der Waals surface area (Å²) in [5.41, 5.74) is 1.75. The maximum Gasteiger partial charge on any atom is 0.331 e. The van der Waals surface area contributed by atoms with Crippen molar-refractivity contribution >= 4 is 46.3 Å². The summed E-state index contributed by atoms with van der Waals surface area (Å²) in [5.74, 6) is -1.09. The van der Waals surface area contributed by atoms with Crippen LogP contribution in [-0.4, -0.2) is 23.5 Å². The molecule has 0 saturated carbocycles. The summed E-state index contributed by atoms with van der Waals surface area (Å²) < 4.78 is 10.3. The average molecular weight is 382 g/mol. The fourth-order valence-corrected chi connectivity index (χ4v) is 2.36. The van der Waals surface area contributed by atoms with Gasteiger partial charge in [0, 0.05) is 17.2 Å². The van der Waals surface area contributed by atoms with Crippen LogP contribution in [0.1, 0.15) is 11.5 Å². The minimum atomic E-state index is -0.737. The highest BCUT2D eigenvalue weighted by Gasteiger charge is 2.10. The lowest BCUT2D eigenvalue weighted by Gasteiger charge is -2.07. The van der Waals surface area contributed by atoms with E-state index in [0.29, 0.717) is 16.1 Å². The fourth-order valence-electron chi connectivity index (χ4n) is 2.19. The van der Waals surface area contributed by atoms with E-state index in [-0.39, 0.29) is 17.1 Å². The summed E-state index contributed by atoms with van der Waals surface area (Å²) in [6.07, 6.45) is 2.46. The number of hydrogen-bond acceptors (Lipinski definition) is 6. The molecule has 8 heteroatoms. The monoisotopic (exact) mass is 381 g/mol. The number of nitrogens with zero attached hydrogens (tertiary/aromatic N) is 2. The van der Waals surface area contributed by atoms with Crippen LogP contribution < -0.4 is 5.32 Å². The van der Waals surface area contributed by atoms with Crippen LogP contribution in [0.15, 0.2) is 53.0 Å². The number of rotatable bonds is 5. The molecule has 0 bridgehead atoms. The molecule has 7 nitrogen and oxygen atoms in total. The van der Waals surface area contributed by atoms with Gasteiger partial charge in [-0.3, -0.25) is 4.79 Å². The zero-order valence-corrected chi connectivity index (χ0v) is 14.6. The molecule has 1 aromatic heterocycles. The van der Waals surface area contributed by atoms with E-state index in [1.807, 2.05) is 18.2 Å². The summed E-state index contributed by atoms with van der Waals surface area (Å²) in [7, 11) is 0. The van der Waals surface area contributed by atoms with Crippen molar-refractivity contribution in [3.05, 3.63) is 65.0 Å². The Morgan fingerprint density at radius 3 is 2.89 bits per heavy atom. The molecule has 0 aliphatic rings. The van der Waals surface area contributed by atoms with Gasteiger partial charge in [-0.05, 0) is 30.3 Å². The Hall–Kier alpha value is -3.63. The predicted molar refractivity (Wildman–Crippen MR) is 98.8 cm³/mol. The number of anilines is 1. The first-order valence-corrected chi connectivity index (χ1v) is 8.13. The van der Waals surface area contributed by atoms with Crippen LogP contribution in [-0.2, 0) is 14.3 Å². The van der Waals surface area contributed by atoms with Gasteiger partial charge in [0.15, 0.2) is 12.2 Å². The smallest absolute Gasteiger partial charge is 0.331 e. The summed E-state index contributed by atoms with van der Waals surface area (Å²) >= 11 is 5.84. The second kappa shape index (κ2) is 8.17. The number of esters is 1. The van der Waals surface area contributed by atoms with Gasteiger partial charge in [-0.15, -0.1) is 0 Å². The van der Waals surface area contributed by atoms with Crippen molar-refractivity contribution in [3.8, 4) is 6.07 Å². The minimum Gasteiger partial charge on any atom is -0.452 e. The van der Waals surface area contributed by atoms with Crippen LogP contribution in [0.2, 0.25) is 5.02 Å². The molecule has 2 aromatic carbocycles. The van der Waals surface area contributed by atoms with E-state index in [2.05, 4.69) is 10.3 Å². The number of benzene rings is 2. The average Bonchev–Trinajstić information content (AvgIpc) is 3.08. The second-order valence-corrected chi connectivity index (χ2v) is 5.75. The molecule has 0 saturated heterocycles. The number of para-hydroxylation sites is 2. The third-order valence-electron chi connectivity index (χ3n) is 3.39. The summed E-state index contributed by atoms with van der Waals surface area (Å²) in [5, 5.41) is 11.9. The van der Waals surface area contributed by atoms with Crippen LogP contribution in [0, 0.1) is 11.3 Å². The van der Waals surface area contributed by atoms with Crippen LogP contribution in [0.5, 0.6) is 0 Å². The molecule has 0 aliphatic carbocycles. The van der Waals surface area contributed by atoms with Gasteiger partial charge in [0.2, 0.25) is 5.89 Å². The number of ether oxygens (including phenoxy) is 1. The Kier molecular flexibility index (Phi) is 5.50. The highest BCUT2D eigenvalue weighted by Crippen LogP contribution is 2.20. The lowest BCUT2D eigenvalue weighted by atomic mass is 10.2. The third-order valence-corrected chi connectivity index (χ3v) is 3.63. The Morgan fingerprint density at radius 1 is 1.30 bits per heavy atom. The minimum absolute atomic E-state index is 0.244. The standard InChI is InChI=1S/C19H12ClN3O4/c20-13-6-5-12(10-21)15(9-13)22-17(24)11-26-19(25)8-7-18-23-14-3-1-2-4-16(14)27-18/h1-9H,11H2,(H,22,24)/b8-7+. The zero-order valence-electron chi connectivity index (χ0n) is 13.8. The van der Waals surface area contributed by atoms with Crippen LogP contribution >= 0.6 is 11.6 Å². The van der Waals surface area contributed by atoms with Crippen molar-refractivity contribution in [2.45, 2.75) is 0 Å². The highest BCUT2D eigenvalue weighted by molar-refractivity contribution is 6.31. The highest BCUT2D eigenvalue weighted by atomic mass is 35.5. The Labute approximate surface area is 158 Å². The van der Waals surface area contributed by atoms with E-state index >= 15 is 0 Å². The number of amides is 1. The molecule has 0 unspecified atom stereocenters. The first-order valence-electron chi connectivity index (χ1n) is 7.75. The van der Waals surface area contributed by atoms with Crippen molar-refractivity contribution in [1.29, 1.82) is 5.26 Å². The molecule has 0 radical (unpaired) electrons. The molecule has 27 heavy (non-hydrogen) atoms. The van der Waals surface area contributed by atoms with Gasteiger partial charge in [-0.2, -0.15) is 5.26 Å². The number of oxazole rings is 1. The fraction of sp³-hybridized carbons (Fsp3) is 0.0526. The molecule has 0 atom stereocenters. The van der Waals surface area contributed by atoms with E-state index in [0.717, 1.165) is 6.08 Å². The largest absolute Gasteiger partial charge is 0.452 e. The lowest BCUT2D eigenvalue weighted by Crippen LogP contribution is -2.20. The normalized spacial score (nSPS) is 10.7. The van der Waals surface area contributed by atoms with E-state index in [1.54, 1.807) is 12.1 Å². The first-order chi connectivity index (χ1) is 13.0. The Morgan fingerprint density at radius 2 is 2.11 bits per heavy atom. The van der Waals surface area contributed by atoms with Crippen LogP contribution in [0.4, 0.5) is 5.69 Å². The number of nitrogens with one attached hydrogen (secondary N) is 1. The maximum absolute atomic E-state index is 11.9. The lowest BCUT2D eigenvalue weighted by molar-refractivity contribution is -0.142. The van der Waals surface area contributed by atoms with E-state index in [1.165, 1.54) is 24.3 Å². The molecule has 1 amide bonds. The number of carbonyl (C=O) groups excluding carboxylic acids is 2. The molecule has 3 rings (SSSR count). The molecule has 3 aromatic rings. The molecule has 0 spiro atoms. The van der Waals surface area contributed by atoms with Gasteiger partial charge in [0.25, 0.3) is 5.91 Å². The van der Waals surface area contributed by atoms with Crippen molar-refractivity contribution in [3.63, 3.8) is 0 Å². The molecular weight excluding hydrogens is 370 g/mol. The molecule has 0 fully saturated rings. The van der Waals surface area contributed by atoms with Gasteiger partial charge in [-0.25, -0.2) is 9.78 Å². The number of nitriles is 1. The van der Waals surface area contributed by atoms with Crippen LogP contribution in [0.3, 0.4) is 0 Å². The SMILES string of the molecule is N#Cc1ccc(Cl)cc1NC(=O)COC(=O)/C=C/c1nc2ccccc2o1. The summed E-state index contributed by atoms with van der Waals surface area (Å²) in [4.78, 5) is 27.8. The summed E-state index contributed by atoms with van der Waals surface area (Å²) in [6, 6.07) is 13.6. The molecule has 1 heterocycles. The van der Waals surface area contributed by atoms with Gasteiger partial charge < -0.3 is 14.5 Å². The van der Waals surface area contributed by atoms with E-state index < -0.39 is 18.5 Å². The molecule has 1 N–H and O–H groups in total. The summed E-state index contributed by atoms with van der Waals surface area (Å²) in [6.45, 7) is -0.520. The molecule has 0 aliphatic heterocycles. The predicted octanol–water partition coefficient (Wildman–Crippen LogP) is 3.55. The number of carbonyl (C=O) groups is 2. The van der Waals surface area contributed by atoms with Crippen LogP contribution in [0.25, 0.3) is 17.2 Å². The van der Waals surface area contributed by atoms with Crippen molar-refractivity contribution in [2.75, 3.05) is 11.9 Å². The number of halogens is 1. The van der Waals surface area contributed by atoms with Gasteiger partial charge in [0.05, 0.1) is 11.3 Å². The quantitative estimate of drug-likeness (QED) is 0.535. The Balaban J connectivity index is 1.55. The van der Waals surface area contributed by atoms with Crippen molar-refractivity contribution < 1.29 is 18.7 Å². The zero-order chi connectivity index (χ0) is 19.2. The topological polar surface area (TPSA) is 105 Å². The van der Waals surface area contributed by atoms with Crippen molar-refractivity contribution in [1.82, 2.24) is 4.98 Å². The van der Waals surface area contributed by atoms with Gasteiger partial charge >= 0.3 is 5.97 Å². The molecule has 134 valence electrons. The number of aromatic nitrogens is 1. The number of hydrogen-bond donors (Lipinski definition) is 1.